The first-order chi connectivity index (χ1) is 10.6. The van der Waals surface area contributed by atoms with Crippen LogP contribution in [-0.4, -0.2) is 61.6 Å². The summed E-state index contributed by atoms with van der Waals surface area (Å²) in [6.45, 7) is 6.52. The smallest absolute Gasteiger partial charge is 0.325 e. The van der Waals surface area contributed by atoms with Gasteiger partial charge in [-0.05, 0) is 38.1 Å². The average Bonchev–Trinajstić information content (AvgIpc) is 2.89. The van der Waals surface area contributed by atoms with E-state index in [9.17, 15) is 9.59 Å². The SMILES string of the molecule is CCN(CC)C(=O)CN1CCN(c2ccc(OC)cc2)C1=O. The fourth-order valence-corrected chi connectivity index (χ4v) is 2.57. The molecule has 0 N–H and O–H groups in total. The van der Waals surface area contributed by atoms with Crippen molar-refractivity contribution in [1.29, 1.82) is 0 Å². The molecule has 1 aliphatic rings. The summed E-state index contributed by atoms with van der Waals surface area (Å²) in [6.07, 6.45) is 0. The van der Waals surface area contributed by atoms with Gasteiger partial charge in [0.05, 0.1) is 7.11 Å². The van der Waals surface area contributed by atoms with Crippen molar-refractivity contribution >= 4 is 17.6 Å². The molecule has 22 heavy (non-hydrogen) atoms. The maximum atomic E-state index is 12.4. The highest BCUT2D eigenvalue weighted by Gasteiger charge is 2.31. The monoisotopic (exact) mass is 305 g/mol. The van der Waals surface area contributed by atoms with Gasteiger partial charge in [0, 0.05) is 31.9 Å². The summed E-state index contributed by atoms with van der Waals surface area (Å²) < 4.78 is 5.12. The molecule has 3 amide bonds. The zero-order valence-electron chi connectivity index (χ0n) is 13.4. The second kappa shape index (κ2) is 7.15. The van der Waals surface area contributed by atoms with Crippen LogP contribution in [0.4, 0.5) is 10.5 Å². The van der Waals surface area contributed by atoms with E-state index in [1.165, 1.54) is 0 Å². The third kappa shape index (κ3) is 3.32. The predicted molar refractivity (Wildman–Crippen MR) is 85.2 cm³/mol. The number of rotatable bonds is 6. The van der Waals surface area contributed by atoms with Crippen molar-refractivity contribution in [2.75, 3.05) is 44.7 Å². The molecule has 0 radical (unpaired) electrons. The Morgan fingerprint density at radius 3 is 2.36 bits per heavy atom. The number of nitrogens with zero attached hydrogens (tertiary/aromatic N) is 3. The summed E-state index contributed by atoms with van der Waals surface area (Å²) in [5.41, 5.74) is 0.823. The molecule has 0 bridgehead atoms. The third-order valence-corrected chi connectivity index (χ3v) is 3.92. The standard InChI is InChI=1S/C16H23N3O3/c1-4-17(5-2)15(20)12-18-10-11-19(16(18)21)13-6-8-14(22-3)9-7-13/h6-9H,4-5,10-12H2,1-3H3. The van der Waals surface area contributed by atoms with Crippen molar-refractivity contribution in [3.05, 3.63) is 24.3 Å². The van der Waals surface area contributed by atoms with Gasteiger partial charge in [-0.1, -0.05) is 0 Å². The van der Waals surface area contributed by atoms with Gasteiger partial charge in [0.2, 0.25) is 5.91 Å². The van der Waals surface area contributed by atoms with Crippen molar-refractivity contribution < 1.29 is 14.3 Å². The number of carbonyl (C=O) groups excluding carboxylic acids is 2. The zero-order chi connectivity index (χ0) is 16.1. The van der Waals surface area contributed by atoms with E-state index < -0.39 is 0 Å². The Morgan fingerprint density at radius 2 is 1.82 bits per heavy atom. The third-order valence-electron chi connectivity index (χ3n) is 3.92. The molecule has 1 fully saturated rings. The topological polar surface area (TPSA) is 53.1 Å². The molecule has 6 heteroatoms. The number of hydrogen-bond acceptors (Lipinski definition) is 3. The molecular formula is C16H23N3O3. The molecule has 1 saturated heterocycles. The van der Waals surface area contributed by atoms with E-state index in [1.807, 2.05) is 38.1 Å². The molecule has 6 nitrogen and oxygen atoms in total. The van der Waals surface area contributed by atoms with Gasteiger partial charge in [0.25, 0.3) is 0 Å². The number of urea groups is 1. The molecule has 0 spiro atoms. The van der Waals surface area contributed by atoms with Crippen LogP contribution < -0.4 is 9.64 Å². The minimum atomic E-state index is -0.120. The van der Waals surface area contributed by atoms with E-state index >= 15 is 0 Å². The number of amides is 3. The molecule has 1 aromatic carbocycles. The molecule has 0 saturated carbocycles. The normalized spacial score (nSPS) is 14.4. The van der Waals surface area contributed by atoms with Crippen LogP contribution in [0.5, 0.6) is 5.75 Å². The van der Waals surface area contributed by atoms with Crippen molar-refractivity contribution in [1.82, 2.24) is 9.80 Å². The van der Waals surface area contributed by atoms with Gasteiger partial charge in [-0.15, -0.1) is 0 Å². The van der Waals surface area contributed by atoms with Crippen molar-refractivity contribution in [2.45, 2.75) is 13.8 Å². The molecule has 1 aromatic rings. The van der Waals surface area contributed by atoms with Crippen LogP contribution in [-0.2, 0) is 4.79 Å². The maximum Gasteiger partial charge on any atom is 0.325 e. The molecule has 0 aromatic heterocycles. The van der Waals surface area contributed by atoms with Gasteiger partial charge >= 0.3 is 6.03 Å². The fourth-order valence-electron chi connectivity index (χ4n) is 2.57. The lowest BCUT2D eigenvalue weighted by Gasteiger charge is -2.23. The number of likely N-dealkylation sites (N-methyl/N-ethyl adjacent to an activating group) is 1. The lowest BCUT2D eigenvalue weighted by molar-refractivity contribution is -0.131. The van der Waals surface area contributed by atoms with E-state index in [2.05, 4.69) is 0 Å². The summed E-state index contributed by atoms with van der Waals surface area (Å²) in [7, 11) is 1.61. The maximum absolute atomic E-state index is 12.4. The lowest BCUT2D eigenvalue weighted by Crippen LogP contribution is -2.42. The molecule has 0 unspecified atom stereocenters. The molecule has 120 valence electrons. The highest BCUT2D eigenvalue weighted by Crippen LogP contribution is 2.23. The fraction of sp³-hybridized carbons (Fsp3) is 0.500. The Bertz CT molecular complexity index is 526. The number of anilines is 1. The van der Waals surface area contributed by atoms with Crippen molar-refractivity contribution in [3.8, 4) is 5.75 Å². The van der Waals surface area contributed by atoms with Crippen LogP contribution in [0.25, 0.3) is 0 Å². The van der Waals surface area contributed by atoms with Gasteiger partial charge < -0.3 is 14.5 Å². The first-order valence-corrected chi connectivity index (χ1v) is 7.59. The van der Waals surface area contributed by atoms with Gasteiger partial charge in [0.15, 0.2) is 0 Å². The van der Waals surface area contributed by atoms with E-state index in [-0.39, 0.29) is 18.5 Å². The second-order valence-electron chi connectivity index (χ2n) is 5.12. The number of ether oxygens (including phenoxy) is 1. The molecule has 1 heterocycles. The predicted octanol–water partition coefficient (Wildman–Crippen LogP) is 1.81. The molecule has 0 atom stereocenters. The van der Waals surface area contributed by atoms with Crippen LogP contribution >= 0.6 is 0 Å². The number of carbonyl (C=O) groups is 2. The molecular weight excluding hydrogens is 282 g/mol. The Morgan fingerprint density at radius 1 is 1.18 bits per heavy atom. The van der Waals surface area contributed by atoms with Gasteiger partial charge in [-0.3, -0.25) is 9.69 Å². The van der Waals surface area contributed by atoms with Crippen molar-refractivity contribution in [3.63, 3.8) is 0 Å². The molecule has 1 aliphatic heterocycles. The van der Waals surface area contributed by atoms with Crippen LogP contribution in [0.1, 0.15) is 13.8 Å². The summed E-state index contributed by atoms with van der Waals surface area (Å²) in [6, 6.07) is 7.24. The largest absolute Gasteiger partial charge is 0.497 e. The number of benzene rings is 1. The Kier molecular flexibility index (Phi) is 5.25. The first-order valence-electron chi connectivity index (χ1n) is 7.59. The van der Waals surface area contributed by atoms with E-state index in [0.29, 0.717) is 26.2 Å². The zero-order valence-corrected chi connectivity index (χ0v) is 13.4. The van der Waals surface area contributed by atoms with Gasteiger partial charge in [-0.2, -0.15) is 0 Å². The Hall–Kier alpha value is -2.24. The minimum Gasteiger partial charge on any atom is -0.497 e. The van der Waals surface area contributed by atoms with E-state index in [4.69, 9.17) is 4.74 Å². The Labute approximate surface area is 131 Å². The molecule has 2 rings (SSSR count). The van der Waals surface area contributed by atoms with Crippen molar-refractivity contribution in [2.24, 2.45) is 0 Å². The lowest BCUT2D eigenvalue weighted by atomic mass is 10.3. The van der Waals surface area contributed by atoms with Crippen LogP contribution in [0, 0.1) is 0 Å². The number of hydrogen-bond donors (Lipinski definition) is 0. The van der Waals surface area contributed by atoms with Crippen LogP contribution in [0.2, 0.25) is 0 Å². The average molecular weight is 305 g/mol. The minimum absolute atomic E-state index is 0.00469. The summed E-state index contributed by atoms with van der Waals surface area (Å²) in [5, 5.41) is 0. The van der Waals surface area contributed by atoms with E-state index in [0.717, 1.165) is 11.4 Å². The van der Waals surface area contributed by atoms with Crippen LogP contribution in [0.3, 0.4) is 0 Å². The van der Waals surface area contributed by atoms with E-state index in [1.54, 1.807) is 21.8 Å². The second-order valence-corrected chi connectivity index (χ2v) is 5.12. The van der Waals surface area contributed by atoms with Gasteiger partial charge in [0.1, 0.15) is 12.3 Å². The highest BCUT2D eigenvalue weighted by atomic mass is 16.5. The Balaban J connectivity index is 2.01. The first kappa shape index (κ1) is 16.1. The molecule has 0 aliphatic carbocycles. The highest BCUT2D eigenvalue weighted by molar-refractivity contribution is 5.96. The summed E-state index contributed by atoms with van der Waals surface area (Å²) in [4.78, 5) is 29.6. The summed E-state index contributed by atoms with van der Waals surface area (Å²) in [5.74, 6) is 0.749. The quantitative estimate of drug-likeness (QED) is 0.805. The number of methoxy groups -OCH3 is 1. The van der Waals surface area contributed by atoms with Gasteiger partial charge in [-0.25, -0.2) is 4.79 Å². The van der Waals surface area contributed by atoms with Crippen LogP contribution in [0.15, 0.2) is 24.3 Å². The summed E-state index contributed by atoms with van der Waals surface area (Å²) >= 11 is 0.